The number of nitrogens with two attached hydrogens (primary N) is 1. The Balaban J connectivity index is 1.68. The lowest BCUT2D eigenvalue weighted by molar-refractivity contribution is -0.139. The molecule has 0 saturated heterocycles. The van der Waals surface area contributed by atoms with E-state index in [9.17, 15) is 21.6 Å². The number of fused-ring (bicyclic) bond motifs is 1. The number of anilines is 1. The number of aromatic nitrogens is 1. The molecule has 1 aromatic heterocycles. The highest BCUT2D eigenvalue weighted by Crippen LogP contribution is 2.35. The van der Waals surface area contributed by atoms with Crippen LogP contribution in [0, 0.1) is 0 Å². The molecule has 0 unspecified atom stereocenters. The molecular weight excluding hydrogens is 379 g/mol. The first-order valence-electron chi connectivity index (χ1n) is 8.19. The number of primary sulfonamides is 1. The smallest absolute Gasteiger partial charge is 0.385 e. The van der Waals surface area contributed by atoms with E-state index in [0.717, 1.165) is 35.0 Å². The zero-order chi connectivity index (χ0) is 19.7. The van der Waals surface area contributed by atoms with Crippen LogP contribution in [0.15, 0.2) is 53.6 Å². The number of H-pyrrole nitrogens is 1. The number of rotatable bonds is 6. The third kappa shape index (κ3) is 4.42. The summed E-state index contributed by atoms with van der Waals surface area (Å²) in [6.07, 6.45) is -1.45. The Morgan fingerprint density at radius 3 is 2.56 bits per heavy atom. The first-order chi connectivity index (χ1) is 12.7. The second kappa shape index (κ2) is 7.24. The van der Waals surface area contributed by atoms with Gasteiger partial charge in [0.15, 0.2) is 0 Å². The lowest BCUT2D eigenvalue weighted by Gasteiger charge is -2.14. The van der Waals surface area contributed by atoms with Crippen LogP contribution in [0.3, 0.4) is 0 Å². The van der Waals surface area contributed by atoms with E-state index in [1.54, 1.807) is 0 Å². The summed E-state index contributed by atoms with van der Waals surface area (Å²) in [5, 5.41) is 8.89. The van der Waals surface area contributed by atoms with Crippen LogP contribution in [0.1, 0.15) is 17.5 Å². The molecule has 1 heterocycles. The maximum atomic E-state index is 13.1. The first-order valence-corrected chi connectivity index (χ1v) is 9.74. The minimum atomic E-state index is -4.82. The fourth-order valence-electron chi connectivity index (χ4n) is 2.96. The van der Waals surface area contributed by atoms with Crippen LogP contribution in [-0.2, 0) is 22.6 Å². The number of halogens is 3. The minimum absolute atomic E-state index is 0.189. The molecule has 0 saturated carbocycles. The fraction of sp³-hybridized carbons (Fsp3) is 0.222. The third-order valence-corrected chi connectivity index (χ3v) is 5.19. The molecule has 0 aliphatic rings. The molecule has 0 spiro atoms. The Kier molecular flexibility index (Phi) is 5.16. The van der Waals surface area contributed by atoms with Crippen molar-refractivity contribution in [1.82, 2.24) is 4.98 Å². The predicted molar refractivity (Wildman–Crippen MR) is 97.9 cm³/mol. The Labute approximate surface area is 154 Å². The van der Waals surface area contributed by atoms with Gasteiger partial charge in [0.25, 0.3) is 0 Å². The average Bonchev–Trinajstić information content (AvgIpc) is 3.00. The number of aromatic amines is 1. The van der Waals surface area contributed by atoms with Crippen molar-refractivity contribution in [3.05, 3.63) is 59.8 Å². The Morgan fingerprint density at radius 1 is 1.11 bits per heavy atom. The van der Waals surface area contributed by atoms with E-state index in [2.05, 4.69) is 10.3 Å². The maximum Gasteiger partial charge on any atom is 0.417 e. The van der Waals surface area contributed by atoms with Crippen molar-refractivity contribution < 1.29 is 21.6 Å². The predicted octanol–water partition coefficient (Wildman–Crippen LogP) is 3.88. The molecule has 144 valence electrons. The molecule has 0 atom stereocenters. The van der Waals surface area contributed by atoms with Gasteiger partial charge < -0.3 is 10.3 Å². The van der Waals surface area contributed by atoms with Crippen LogP contribution in [0.25, 0.3) is 10.9 Å². The second-order valence-electron chi connectivity index (χ2n) is 6.14. The van der Waals surface area contributed by atoms with Crippen molar-refractivity contribution in [3.8, 4) is 0 Å². The van der Waals surface area contributed by atoms with Gasteiger partial charge in [-0.25, -0.2) is 13.6 Å². The first kappa shape index (κ1) is 19.2. The molecule has 0 fully saturated rings. The summed E-state index contributed by atoms with van der Waals surface area (Å²) in [7, 11) is -4.46. The molecule has 0 aliphatic carbocycles. The van der Waals surface area contributed by atoms with Crippen molar-refractivity contribution in [3.63, 3.8) is 0 Å². The van der Waals surface area contributed by atoms with Crippen molar-refractivity contribution in [1.29, 1.82) is 0 Å². The standard InChI is InChI=1S/C18H18F3N3O2S/c19-18(20,21)15-10-13(7-8-17(15)27(22,25)26)23-9-3-4-12-11-24-16-6-2-1-5-14(12)16/h1-2,5-8,10-11,23-24H,3-4,9H2,(H2,22,25,26). The number of para-hydroxylation sites is 1. The van der Waals surface area contributed by atoms with Gasteiger partial charge in [0, 0.05) is 29.3 Å². The van der Waals surface area contributed by atoms with Crippen LogP contribution in [0.5, 0.6) is 0 Å². The summed E-state index contributed by atoms with van der Waals surface area (Å²) in [4.78, 5) is 2.25. The topological polar surface area (TPSA) is 88.0 Å². The van der Waals surface area contributed by atoms with Crippen LogP contribution >= 0.6 is 0 Å². The average molecular weight is 397 g/mol. The fourth-order valence-corrected chi connectivity index (χ4v) is 3.70. The summed E-state index contributed by atoms with van der Waals surface area (Å²) < 4.78 is 62.1. The van der Waals surface area contributed by atoms with Gasteiger partial charge in [-0.3, -0.25) is 0 Å². The van der Waals surface area contributed by atoms with E-state index in [1.807, 2.05) is 30.5 Å². The van der Waals surface area contributed by atoms with Crippen LogP contribution < -0.4 is 10.5 Å². The minimum Gasteiger partial charge on any atom is -0.385 e. The highest BCUT2D eigenvalue weighted by molar-refractivity contribution is 7.89. The van der Waals surface area contributed by atoms with Gasteiger partial charge in [-0.05, 0) is 42.7 Å². The molecule has 0 bridgehead atoms. The molecule has 3 aromatic rings. The lowest BCUT2D eigenvalue weighted by Crippen LogP contribution is -2.19. The molecule has 0 aliphatic heterocycles. The van der Waals surface area contributed by atoms with E-state index >= 15 is 0 Å². The van der Waals surface area contributed by atoms with E-state index in [4.69, 9.17) is 5.14 Å². The zero-order valence-electron chi connectivity index (χ0n) is 14.2. The van der Waals surface area contributed by atoms with Gasteiger partial charge in [0.1, 0.15) is 0 Å². The van der Waals surface area contributed by atoms with Crippen molar-refractivity contribution in [2.45, 2.75) is 23.9 Å². The number of nitrogens with one attached hydrogen (secondary N) is 2. The summed E-state index contributed by atoms with van der Waals surface area (Å²) in [6, 6.07) is 10.8. The Hall–Kier alpha value is -2.52. The summed E-state index contributed by atoms with van der Waals surface area (Å²) in [5.41, 5.74) is 1.09. The SMILES string of the molecule is NS(=O)(=O)c1ccc(NCCCc2c[nH]c3ccccc23)cc1C(F)(F)F. The van der Waals surface area contributed by atoms with Crippen LogP contribution in [0.4, 0.5) is 18.9 Å². The van der Waals surface area contributed by atoms with E-state index in [-0.39, 0.29) is 5.69 Å². The monoisotopic (exact) mass is 397 g/mol. The molecule has 5 nitrogen and oxygen atoms in total. The van der Waals surface area contributed by atoms with Gasteiger partial charge >= 0.3 is 6.18 Å². The Bertz CT molecular complexity index is 1060. The van der Waals surface area contributed by atoms with Gasteiger partial charge in [-0.2, -0.15) is 13.2 Å². The van der Waals surface area contributed by atoms with E-state index in [1.165, 1.54) is 6.07 Å². The van der Waals surface area contributed by atoms with Gasteiger partial charge in [0.05, 0.1) is 10.5 Å². The lowest BCUT2D eigenvalue weighted by atomic mass is 10.1. The highest BCUT2D eigenvalue weighted by atomic mass is 32.2. The van der Waals surface area contributed by atoms with Crippen LogP contribution in [0.2, 0.25) is 0 Å². The van der Waals surface area contributed by atoms with Crippen LogP contribution in [-0.4, -0.2) is 19.9 Å². The maximum absolute atomic E-state index is 13.1. The van der Waals surface area contributed by atoms with Crippen molar-refractivity contribution in [2.24, 2.45) is 5.14 Å². The number of alkyl halides is 3. The highest BCUT2D eigenvalue weighted by Gasteiger charge is 2.36. The molecule has 2 aromatic carbocycles. The summed E-state index contributed by atoms with van der Waals surface area (Å²) >= 11 is 0. The summed E-state index contributed by atoms with van der Waals surface area (Å²) in [5.74, 6) is 0. The van der Waals surface area contributed by atoms with Crippen molar-refractivity contribution in [2.75, 3.05) is 11.9 Å². The number of hydrogen-bond acceptors (Lipinski definition) is 3. The molecule has 0 radical (unpaired) electrons. The molecule has 4 N–H and O–H groups in total. The van der Waals surface area contributed by atoms with E-state index in [0.29, 0.717) is 13.0 Å². The molecule has 9 heteroatoms. The van der Waals surface area contributed by atoms with Crippen molar-refractivity contribution >= 4 is 26.6 Å². The molecule has 3 rings (SSSR count). The second-order valence-corrected chi connectivity index (χ2v) is 7.67. The number of sulfonamides is 1. The van der Waals surface area contributed by atoms with Gasteiger partial charge in [-0.15, -0.1) is 0 Å². The molecular formula is C18H18F3N3O2S. The number of aryl methyl sites for hydroxylation is 1. The van der Waals surface area contributed by atoms with Gasteiger partial charge in [-0.1, -0.05) is 18.2 Å². The largest absolute Gasteiger partial charge is 0.417 e. The normalized spacial score (nSPS) is 12.4. The quantitative estimate of drug-likeness (QED) is 0.552. The number of benzene rings is 2. The third-order valence-electron chi connectivity index (χ3n) is 4.22. The Morgan fingerprint density at radius 2 is 1.85 bits per heavy atom. The summed E-state index contributed by atoms with van der Waals surface area (Å²) in [6.45, 7) is 0.436. The molecule has 27 heavy (non-hydrogen) atoms. The number of hydrogen-bond donors (Lipinski definition) is 3. The molecule has 0 amide bonds. The van der Waals surface area contributed by atoms with Gasteiger partial charge in [0.2, 0.25) is 10.0 Å². The van der Waals surface area contributed by atoms with E-state index < -0.39 is 26.7 Å². The zero-order valence-corrected chi connectivity index (χ0v) is 15.0.